The first-order valence-electron chi connectivity index (χ1n) is 4.69. The number of hydrogen-bond acceptors (Lipinski definition) is 1. The molecular weight excluding hydrogens is 226 g/mol. The number of benzene rings is 1. The minimum atomic E-state index is 0.979. The number of nitrogens with one attached hydrogen (secondary N) is 1. The van der Waals surface area contributed by atoms with Crippen LogP contribution in [0.4, 0.5) is 0 Å². The monoisotopic (exact) mass is 241 g/mol. The zero-order valence-corrected chi connectivity index (χ0v) is 9.82. The smallest absolute Gasteiger partial charge is 0.0208 e. The molecule has 1 rings (SSSR count). The second-order valence-electron chi connectivity index (χ2n) is 3.25. The minimum Gasteiger partial charge on any atom is -0.313 e. The highest BCUT2D eigenvalue weighted by molar-refractivity contribution is 9.10. The van der Waals surface area contributed by atoms with Gasteiger partial charge in [-0.2, -0.15) is 0 Å². The van der Waals surface area contributed by atoms with Crippen LogP contribution in [-0.4, -0.2) is 6.54 Å². The molecule has 0 saturated carbocycles. The van der Waals surface area contributed by atoms with Gasteiger partial charge in [-0.3, -0.25) is 0 Å². The Hall–Kier alpha value is -0.340. The molecule has 1 aromatic carbocycles. The Labute approximate surface area is 88.7 Å². The van der Waals surface area contributed by atoms with E-state index < -0.39 is 0 Å². The molecule has 0 fully saturated rings. The summed E-state index contributed by atoms with van der Waals surface area (Å²) < 4.78 is 1.16. The predicted molar refractivity (Wildman–Crippen MR) is 60.9 cm³/mol. The maximum atomic E-state index is 3.46. The number of hydrogen-bond donors (Lipinski definition) is 1. The van der Waals surface area contributed by atoms with Crippen LogP contribution in [0.25, 0.3) is 0 Å². The van der Waals surface area contributed by atoms with Gasteiger partial charge >= 0.3 is 0 Å². The molecule has 0 atom stereocenters. The molecule has 0 unspecified atom stereocenters. The topological polar surface area (TPSA) is 12.0 Å². The summed E-state index contributed by atoms with van der Waals surface area (Å²) >= 11 is 3.46. The molecule has 0 amide bonds. The van der Waals surface area contributed by atoms with Crippen LogP contribution in [0.1, 0.15) is 24.5 Å². The summed E-state index contributed by atoms with van der Waals surface area (Å²) in [6, 6.07) is 6.42. The molecule has 0 aliphatic rings. The van der Waals surface area contributed by atoms with Crippen LogP contribution in [0.15, 0.2) is 22.7 Å². The van der Waals surface area contributed by atoms with Crippen molar-refractivity contribution in [3.63, 3.8) is 0 Å². The van der Waals surface area contributed by atoms with E-state index in [4.69, 9.17) is 0 Å². The zero-order chi connectivity index (χ0) is 9.68. The van der Waals surface area contributed by atoms with Crippen molar-refractivity contribution in [2.24, 2.45) is 0 Å². The van der Waals surface area contributed by atoms with E-state index in [0.29, 0.717) is 0 Å². The normalized spacial score (nSPS) is 10.4. The quantitative estimate of drug-likeness (QED) is 0.799. The van der Waals surface area contributed by atoms with Gasteiger partial charge in [-0.05, 0) is 43.1 Å². The largest absolute Gasteiger partial charge is 0.313 e. The summed E-state index contributed by atoms with van der Waals surface area (Å²) in [5.41, 5.74) is 2.73. The maximum absolute atomic E-state index is 3.46. The van der Waals surface area contributed by atoms with E-state index in [2.05, 4.69) is 53.3 Å². The van der Waals surface area contributed by atoms with E-state index in [1.54, 1.807) is 0 Å². The van der Waals surface area contributed by atoms with Crippen molar-refractivity contribution in [2.75, 3.05) is 6.54 Å². The van der Waals surface area contributed by atoms with E-state index >= 15 is 0 Å². The number of aryl methyl sites for hydroxylation is 1. The molecule has 1 N–H and O–H groups in total. The lowest BCUT2D eigenvalue weighted by molar-refractivity contribution is 0.673. The molecule has 2 heteroatoms. The predicted octanol–water partition coefficient (Wildman–Crippen LogP) is 3.26. The Kier molecular flexibility index (Phi) is 4.46. The highest BCUT2D eigenvalue weighted by atomic mass is 79.9. The molecule has 0 aliphatic carbocycles. The van der Waals surface area contributed by atoms with Gasteiger partial charge < -0.3 is 5.32 Å². The fourth-order valence-electron chi connectivity index (χ4n) is 1.26. The molecule has 1 aromatic rings. The van der Waals surface area contributed by atoms with Crippen LogP contribution in [0.2, 0.25) is 0 Å². The molecule has 0 aliphatic heterocycles. The molecule has 0 radical (unpaired) electrons. The van der Waals surface area contributed by atoms with E-state index in [0.717, 1.165) is 17.6 Å². The summed E-state index contributed by atoms with van der Waals surface area (Å²) in [5.74, 6) is 0. The summed E-state index contributed by atoms with van der Waals surface area (Å²) in [5, 5.41) is 3.40. The lowest BCUT2D eigenvalue weighted by Gasteiger charge is -2.06. The lowest BCUT2D eigenvalue weighted by atomic mass is 10.1. The fraction of sp³-hybridized carbons (Fsp3) is 0.455. The van der Waals surface area contributed by atoms with Gasteiger partial charge in [-0.25, -0.2) is 0 Å². The standard InChI is InChI=1S/C11H16BrN/c1-3-6-13-8-10-4-5-11(12)7-9(10)2/h4-5,7,13H,3,6,8H2,1-2H3. The van der Waals surface area contributed by atoms with Crippen LogP contribution in [0.3, 0.4) is 0 Å². The summed E-state index contributed by atoms with van der Waals surface area (Å²) in [7, 11) is 0. The summed E-state index contributed by atoms with van der Waals surface area (Å²) in [4.78, 5) is 0. The first-order valence-corrected chi connectivity index (χ1v) is 5.49. The van der Waals surface area contributed by atoms with Crippen LogP contribution < -0.4 is 5.32 Å². The fourth-order valence-corrected chi connectivity index (χ4v) is 1.73. The second-order valence-corrected chi connectivity index (χ2v) is 4.16. The highest BCUT2D eigenvalue weighted by Crippen LogP contribution is 2.15. The Morgan fingerprint density at radius 3 is 2.77 bits per heavy atom. The summed E-state index contributed by atoms with van der Waals surface area (Å²) in [6.07, 6.45) is 1.19. The molecule has 1 nitrogen and oxygen atoms in total. The van der Waals surface area contributed by atoms with Gasteiger partial charge in [0.05, 0.1) is 0 Å². The Morgan fingerprint density at radius 1 is 1.38 bits per heavy atom. The average Bonchev–Trinajstić information content (AvgIpc) is 2.09. The number of halogens is 1. The average molecular weight is 242 g/mol. The van der Waals surface area contributed by atoms with Gasteiger partial charge in [0.25, 0.3) is 0 Å². The van der Waals surface area contributed by atoms with Crippen LogP contribution in [0, 0.1) is 6.92 Å². The molecule has 0 heterocycles. The first kappa shape index (κ1) is 10.7. The van der Waals surface area contributed by atoms with Gasteiger partial charge in [-0.1, -0.05) is 28.9 Å². The van der Waals surface area contributed by atoms with Crippen molar-refractivity contribution in [1.82, 2.24) is 5.32 Å². The van der Waals surface area contributed by atoms with E-state index in [1.165, 1.54) is 17.5 Å². The van der Waals surface area contributed by atoms with Gasteiger partial charge in [0, 0.05) is 11.0 Å². The van der Waals surface area contributed by atoms with Gasteiger partial charge in [-0.15, -0.1) is 0 Å². The third-order valence-corrected chi connectivity index (χ3v) is 2.54. The third-order valence-electron chi connectivity index (χ3n) is 2.05. The Bertz CT molecular complexity index is 271. The van der Waals surface area contributed by atoms with Crippen molar-refractivity contribution in [2.45, 2.75) is 26.8 Å². The molecule has 0 saturated heterocycles. The maximum Gasteiger partial charge on any atom is 0.0208 e. The van der Waals surface area contributed by atoms with Crippen molar-refractivity contribution in [1.29, 1.82) is 0 Å². The SMILES string of the molecule is CCCNCc1ccc(Br)cc1C. The third kappa shape index (κ3) is 3.49. The van der Waals surface area contributed by atoms with E-state index in [-0.39, 0.29) is 0 Å². The van der Waals surface area contributed by atoms with Gasteiger partial charge in [0.15, 0.2) is 0 Å². The molecule has 0 aromatic heterocycles. The van der Waals surface area contributed by atoms with E-state index in [9.17, 15) is 0 Å². The van der Waals surface area contributed by atoms with Crippen molar-refractivity contribution >= 4 is 15.9 Å². The molecule has 0 spiro atoms. The zero-order valence-electron chi connectivity index (χ0n) is 8.23. The Balaban J connectivity index is 2.56. The van der Waals surface area contributed by atoms with Gasteiger partial charge in [0.2, 0.25) is 0 Å². The highest BCUT2D eigenvalue weighted by Gasteiger charge is 1.97. The lowest BCUT2D eigenvalue weighted by Crippen LogP contribution is -2.14. The minimum absolute atomic E-state index is 0.979. The summed E-state index contributed by atoms with van der Waals surface area (Å²) in [6.45, 7) is 6.40. The van der Waals surface area contributed by atoms with Crippen molar-refractivity contribution < 1.29 is 0 Å². The second kappa shape index (κ2) is 5.40. The van der Waals surface area contributed by atoms with Crippen LogP contribution in [-0.2, 0) is 6.54 Å². The first-order chi connectivity index (χ1) is 6.24. The van der Waals surface area contributed by atoms with Crippen LogP contribution >= 0.6 is 15.9 Å². The molecule has 0 bridgehead atoms. The van der Waals surface area contributed by atoms with Crippen molar-refractivity contribution in [3.05, 3.63) is 33.8 Å². The Morgan fingerprint density at radius 2 is 2.15 bits per heavy atom. The number of rotatable bonds is 4. The molecular formula is C11H16BrN. The van der Waals surface area contributed by atoms with Crippen molar-refractivity contribution in [3.8, 4) is 0 Å². The van der Waals surface area contributed by atoms with E-state index in [1.807, 2.05) is 0 Å². The molecule has 72 valence electrons. The van der Waals surface area contributed by atoms with Crippen LogP contribution in [0.5, 0.6) is 0 Å². The molecule has 13 heavy (non-hydrogen) atoms. The van der Waals surface area contributed by atoms with Gasteiger partial charge in [0.1, 0.15) is 0 Å².